The van der Waals surface area contributed by atoms with E-state index < -0.39 is 0 Å². The van der Waals surface area contributed by atoms with Crippen molar-refractivity contribution in [2.75, 3.05) is 39.8 Å². The van der Waals surface area contributed by atoms with E-state index in [2.05, 4.69) is 29.2 Å². The van der Waals surface area contributed by atoms with Crippen molar-refractivity contribution < 1.29 is 9.59 Å². The smallest absolute Gasteiger partial charge is 0.226 e. The van der Waals surface area contributed by atoms with Crippen LogP contribution in [0.4, 0.5) is 0 Å². The molecule has 24 heavy (non-hydrogen) atoms. The van der Waals surface area contributed by atoms with Gasteiger partial charge in [-0.2, -0.15) is 0 Å². The summed E-state index contributed by atoms with van der Waals surface area (Å²) in [7, 11) is 1.82. The normalized spacial score (nSPS) is 23.2. The third-order valence-corrected chi connectivity index (χ3v) is 5.16. The topological polar surface area (TPSA) is 43.9 Å². The lowest BCUT2D eigenvalue weighted by molar-refractivity contribution is -0.144. The van der Waals surface area contributed by atoms with Crippen LogP contribution in [0.1, 0.15) is 24.8 Å². The van der Waals surface area contributed by atoms with Crippen molar-refractivity contribution in [3.05, 3.63) is 35.9 Å². The summed E-state index contributed by atoms with van der Waals surface area (Å²) in [5.74, 6) is 0.160. The molecular weight excluding hydrogens is 302 g/mol. The van der Waals surface area contributed by atoms with Gasteiger partial charge in [0.15, 0.2) is 0 Å². The molecule has 0 radical (unpaired) electrons. The van der Waals surface area contributed by atoms with E-state index in [-0.39, 0.29) is 17.7 Å². The van der Waals surface area contributed by atoms with Gasteiger partial charge in [-0.05, 0) is 18.4 Å². The van der Waals surface area contributed by atoms with Gasteiger partial charge in [-0.1, -0.05) is 30.3 Å². The van der Waals surface area contributed by atoms with E-state index in [1.165, 1.54) is 5.56 Å². The van der Waals surface area contributed by atoms with E-state index in [0.717, 1.165) is 45.6 Å². The molecule has 1 unspecified atom stereocenters. The Kier molecular flexibility index (Phi) is 5.51. The Balaban J connectivity index is 1.53. The number of nitrogens with zero attached hydrogens (tertiary/aromatic N) is 3. The molecule has 5 nitrogen and oxygen atoms in total. The summed E-state index contributed by atoms with van der Waals surface area (Å²) < 4.78 is 0. The van der Waals surface area contributed by atoms with Gasteiger partial charge in [-0.25, -0.2) is 0 Å². The van der Waals surface area contributed by atoms with E-state index in [0.29, 0.717) is 13.0 Å². The highest BCUT2D eigenvalue weighted by Crippen LogP contribution is 2.21. The van der Waals surface area contributed by atoms with Crippen molar-refractivity contribution in [3.8, 4) is 0 Å². The molecule has 1 atom stereocenters. The molecule has 0 spiro atoms. The van der Waals surface area contributed by atoms with Gasteiger partial charge in [0, 0.05) is 58.7 Å². The molecule has 2 aliphatic rings. The van der Waals surface area contributed by atoms with Crippen molar-refractivity contribution in [3.63, 3.8) is 0 Å². The van der Waals surface area contributed by atoms with Crippen LogP contribution in [0, 0.1) is 5.92 Å². The Hall–Kier alpha value is -1.88. The minimum Gasteiger partial charge on any atom is -0.346 e. The standard InChI is InChI=1S/C19H27N3O2/c1-20-11-8-17(14-18(20)23)19(24)22-10-5-9-21(12-13-22)15-16-6-3-2-4-7-16/h2-4,6-7,17H,5,8-15H2,1H3. The first-order chi connectivity index (χ1) is 11.6. The number of hydrogen-bond donors (Lipinski definition) is 0. The number of amides is 2. The average molecular weight is 329 g/mol. The summed E-state index contributed by atoms with van der Waals surface area (Å²) >= 11 is 0. The summed E-state index contributed by atoms with van der Waals surface area (Å²) in [4.78, 5) is 30.8. The van der Waals surface area contributed by atoms with Gasteiger partial charge in [0.25, 0.3) is 0 Å². The summed E-state index contributed by atoms with van der Waals surface area (Å²) in [5.41, 5.74) is 1.32. The maximum absolute atomic E-state index is 12.8. The fraction of sp³-hybridized carbons (Fsp3) is 0.579. The maximum atomic E-state index is 12.8. The minimum absolute atomic E-state index is 0.0973. The summed E-state index contributed by atoms with van der Waals surface area (Å²) in [6, 6.07) is 10.5. The minimum atomic E-state index is -0.116. The summed E-state index contributed by atoms with van der Waals surface area (Å²) in [6.45, 7) is 5.14. The molecule has 2 amide bonds. The van der Waals surface area contributed by atoms with Crippen LogP contribution in [0.5, 0.6) is 0 Å². The number of likely N-dealkylation sites (tertiary alicyclic amines) is 1. The molecular formula is C19H27N3O2. The quantitative estimate of drug-likeness (QED) is 0.846. The second-order valence-electron chi connectivity index (χ2n) is 6.95. The van der Waals surface area contributed by atoms with Crippen LogP contribution in [-0.4, -0.2) is 66.3 Å². The van der Waals surface area contributed by atoms with Crippen molar-refractivity contribution in [2.24, 2.45) is 5.92 Å². The first-order valence-corrected chi connectivity index (χ1v) is 8.92. The number of carbonyl (C=O) groups is 2. The Labute approximate surface area is 144 Å². The fourth-order valence-corrected chi connectivity index (χ4v) is 3.60. The molecule has 0 saturated carbocycles. The van der Waals surface area contributed by atoms with E-state index in [4.69, 9.17) is 0 Å². The lowest BCUT2D eigenvalue weighted by Gasteiger charge is -2.31. The zero-order chi connectivity index (χ0) is 16.9. The molecule has 0 aliphatic carbocycles. The first-order valence-electron chi connectivity index (χ1n) is 8.92. The molecule has 1 aromatic rings. The van der Waals surface area contributed by atoms with Gasteiger partial charge in [0.05, 0.1) is 0 Å². The van der Waals surface area contributed by atoms with Crippen molar-refractivity contribution in [2.45, 2.75) is 25.8 Å². The van der Waals surface area contributed by atoms with Crippen molar-refractivity contribution in [1.29, 1.82) is 0 Å². The molecule has 5 heteroatoms. The van der Waals surface area contributed by atoms with Crippen LogP contribution in [0.25, 0.3) is 0 Å². The van der Waals surface area contributed by atoms with Crippen LogP contribution < -0.4 is 0 Å². The van der Waals surface area contributed by atoms with E-state index in [1.807, 2.05) is 18.0 Å². The molecule has 0 aromatic heterocycles. The number of rotatable bonds is 3. The second-order valence-corrected chi connectivity index (χ2v) is 6.95. The highest BCUT2D eigenvalue weighted by atomic mass is 16.2. The third-order valence-electron chi connectivity index (χ3n) is 5.16. The highest BCUT2D eigenvalue weighted by Gasteiger charge is 2.32. The summed E-state index contributed by atoms with van der Waals surface area (Å²) in [6.07, 6.45) is 2.17. The predicted octanol–water partition coefficient (Wildman–Crippen LogP) is 1.59. The molecule has 1 aromatic carbocycles. The summed E-state index contributed by atoms with van der Waals surface area (Å²) in [5, 5.41) is 0. The second kappa shape index (κ2) is 7.79. The largest absolute Gasteiger partial charge is 0.346 e. The molecule has 130 valence electrons. The number of hydrogen-bond acceptors (Lipinski definition) is 3. The third kappa shape index (κ3) is 4.15. The van der Waals surface area contributed by atoms with Crippen LogP contribution in [-0.2, 0) is 16.1 Å². The number of carbonyl (C=O) groups excluding carboxylic acids is 2. The maximum Gasteiger partial charge on any atom is 0.226 e. The lowest BCUT2D eigenvalue weighted by Crippen LogP contribution is -2.44. The molecule has 2 fully saturated rings. The predicted molar refractivity (Wildman–Crippen MR) is 93.3 cm³/mol. The SMILES string of the molecule is CN1CCC(C(=O)N2CCCN(Cc3ccccc3)CC2)CC1=O. The van der Waals surface area contributed by atoms with Gasteiger partial charge in [-0.3, -0.25) is 14.5 Å². The Morgan fingerprint density at radius 3 is 2.62 bits per heavy atom. The first kappa shape index (κ1) is 17.0. The van der Waals surface area contributed by atoms with E-state index >= 15 is 0 Å². The Morgan fingerprint density at radius 1 is 1.08 bits per heavy atom. The zero-order valence-electron chi connectivity index (χ0n) is 14.5. The molecule has 3 rings (SSSR count). The highest BCUT2D eigenvalue weighted by molar-refractivity contribution is 5.86. The van der Waals surface area contributed by atoms with Crippen LogP contribution >= 0.6 is 0 Å². The van der Waals surface area contributed by atoms with Gasteiger partial charge < -0.3 is 9.80 Å². The number of benzene rings is 1. The van der Waals surface area contributed by atoms with Crippen molar-refractivity contribution in [1.82, 2.24) is 14.7 Å². The van der Waals surface area contributed by atoms with Crippen molar-refractivity contribution >= 4 is 11.8 Å². The monoisotopic (exact) mass is 329 g/mol. The van der Waals surface area contributed by atoms with Crippen LogP contribution in [0.2, 0.25) is 0 Å². The van der Waals surface area contributed by atoms with Gasteiger partial charge in [-0.15, -0.1) is 0 Å². The fourth-order valence-electron chi connectivity index (χ4n) is 3.60. The zero-order valence-corrected chi connectivity index (χ0v) is 14.5. The van der Waals surface area contributed by atoms with E-state index in [9.17, 15) is 9.59 Å². The molecule has 2 heterocycles. The molecule has 2 aliphatic heterocycles. The van der Waals surface area contributed by atoms with Gasteiger partial charge >= 0.3 is 0 Å². The Bertz CT molecular complexity index is 575. The van der Waals surface area contributed by atoms with E-state index in [1.54, 1.807) is 4.90 Å². The molecule has 0 bridgehead atoms. The van der Waals surface area contributed by atoms with Crippen LogP contribution in [0.15, 0.2) is 30.3 Å². The van der Waals surface area contributed by atoms with Crippen LogP contribution in [0.3, 0.4) is 0 Å². The molecule has 2 saturated heterocycles. The van der Waals surface area contributed by atoms with Gasteiger partial charge in [0.1, 0.15) is 0 Å². The lowest BCUT2D eigenvalue weighted by atomic mass is 9.95. The Morgan fingerprint density at radius 2 is 1.88 bits per heavy atom. The van der Waals surface area contributed by atoms with Gasteiger partial charge in [0.2, 0.25) is 11.8 Å². The number of piperidine rings is 1. The average Bonchev–Trinajstić information content (AvgIpc) is 2.83. The molecule has 0 N–H and O–H groups in total.